The molecule has 15 heavy (non-hydrogen) atoms. The molecule has 0 heterocycles. The number of benzene rings is 1. The van der Waals surface area contributed by atoms with E-state index in [4.69, 9.17) is 4.74 Å². The monoisotopic (exact) mass is 332 g/mol. The summed E-state index contributed by atoms with van der Waals surface area (Å²) in [6.07, 6.45) is 4.03. The van der Waals surface area contributed by atoms with Crippen LogP contribution < -0.4 is 4.74 Å². The number of hydrogen-bond donors (Lipinski definition) is 0. The zero-order valence-electron chi connectivity index (χ0n) is 8.51. The summed E-state index contributed by atoms with van der Waals surface area (Å²) in [5.41, 5.74) is 1.26. The lowest BCUT2D eigenvalue weighted by atomic mass is 9.86. The lowest BCUT2D eigenvalue weighted by Gasteiger charge is -2.25. The van der Waals surface area contributed by atoms with E-state index in [9.17, 15) is 0 Å². The van der Waals surface area contributed by atoms with Crippen LogP contribution in [0.5, 0.6) is 5.75 Å². The molecule has 1 fully saturated rings. The summed E-state index contributed by atoms with van der Waals surface area (Å²) in [6.45, 7) is 0.867. The van der Waals surface area contributed by atoms with Crippen LogP contribution in [0.25, 0.3) is 0 Å². The zero-order chi connectivity index (χ0) is 10.7. The van der Waals surface area contributed by atoms with Crippen molar-refractivity contribution in [2.45, 2.75) is 24.6 Å². The van der Waals surface area contributed by atoms with Crippen molar-refractivity contribution in [3.8, 4) is 5.75 Å². The molecule has 1 aliphatic rings. The van der Waals surface area contributed by atoms with E-state index in [1.54, 1.807) is 0 Å². The molecule has 1 aromatic carbocycles. The smallest absolute Gasteiger partial charge is 0.133 e. The van der Waals surface area contributed by atoms with Crippen LogP contribution >= 0.6 is 31.9 Å². The van der Waals surface area contributed by atoms with Crippen LogP contribution in [0.4, 0.5) is 0 Å². The first kappa shape index (κ1) is 11.5. The molecule has 1 aliphatic carbocycles. The molecule has 3 heteroatoms. The molecule has 1 saturated carbocycles. The second kappa shape index (κ2) is 5.35. The van der Waals surface area contributed by atoms with Crippen molar-refractivity contribution in [3.63, 3.8) is 0 Å². The van der Waals surface area contributed by atoms with Crippen LogP contribution in [-0.2, 0) is 5.33 Å². The molecule has 1 nitrogen and oxygen atoms in total. The average Bonchev–Trinajstić information content (AvgIpc) is 2.18. The summed E-state index contributed by atoms with van der Waals surface area (Å²) in [5, 5.41) is 0.883. The number of ether oxygens (including phenoxy) is 1. The number of alkyl halides is 1. The Hall–Kier alpha value is -0.0200. The maximum absolute atomic E-state index is 5.78. The number of rotatable bonds is 4. The first-order valence-corrected chi connectivity index (χ1v) is 7.18. The Balaban J connectivity index is 1.95. The van der Waals surface area contributed by atoms with Gasteiger partial charge in [-0.25, -0.2) is 0 Å². The predicted octanol–water partition coefficient (Wildman–Crippen LogP) is 4.52. The quantitative estimate of drug-likeness (QED) is 0.736. The molecule has 82 valence electrons. The van der Waals surface area contributed by atoms with Crippen molar-refractivity contribution in [1.82, 2.24) is 0 Å². The van der Waals surface area contributed by atoms with E-state index in [2.05, 4.69) is 44.0 Å². The van der Waals surface area contributed by atoms with Crippen molar-refractivity contribution >= 4 is 31.9 Å². The van der Waals surface area contributed by atoms with Crippen molar-refractivity contribution in [2.24, 2.45) is 5.92 Å². The third-order valence-corrected chi connectivity index (χ3v) is 4.12. The standard InChI is InChI=1S/C12H14Br2O/c13-7-10-4-5-12(11(14)6-10)15-8-9-2-1-3-9/h4-6,9H,1-3,7-8H2. The summed E-state index contributed by atoms with van der Waals surface area (Å²) in [6, 6.07) is 6.24. The van der Waals surface area contributed by atoms with Gasteiger partial charge >= 0.3 is 0 Å². The van der Waals surface area contributed by atoms with E-state index < -0.39 is 0 Å². The fourth-order valence-electron chi connectivity index (χ4n) is 1.61. The third-order valence-electron chi connectivity index (χ3n) is 2.85. The van der Waals surface area contributed by atoms with Crippen LogP contribution in [0.15, 0.2) is 22.7 Å². The predicted molar refractivity (Wildman–Crippen MR) is 69.6 cm³/mol. The molecule has 1 aromatic rings. The van der Waals surface area contributed by atoms with Gasteiger partial charge in [-0.3, -0.25) is 0 Å². The molecule has 0 atom stereocenters. The largest absolute Gasteiger partial charge is 0.492 e. The van der Waals surface area contributed by atoms with Crippen molar-refractivity contribution in [1.29, 1.82) is 0 Å². The lowest BCUT2D eigenvalue weighted by molar-refractivity contribution is 0.180. The average molecular weight is 334 g/mol. The summed E-state index contributed by atoms with van der Waals surface area (Å²) in [5.74, 6) is 1.75. The van der Waals surface area contributed by atoms with Crippen LogP contribution in [0.1, 0.15) is 24.8 Å². The van der Waals surface area contributed by atoms with Gasteiger partial charge in [0.05, 0.1) is 11.1 Å². The van der Waals surface area contributed by atoms with Gasteiger partial charge < -0.3 is 4.74 Å². The van der Waals surface area contributed by atoms with E-state index in [1.807, 2.05) is 6.07 Å². The van der Waals surface area contributed by atoms with Crippen LogP contribution in [0, 0.1) is 5.92 Å². The molecule has 0 radical (unpaired) electrons. The Labute approximate surface area is 107 Å². The number of hydrogen-bond acceptors (Lipinski definition) is 1. The normalized spacial score (nSPS) is 16.1. The molecule has 0 aromatic heterocycles. The van der Waals surface area contributed by atoms with E-state index in [0.29, 0.717) is 0 Å². The topological polar surface area (TPSA) is 9.23 Å². The van der Waals surface area contributed by atoms with E-state index >= 15 is 0 Å². The highest BCUT2D eigenvalue weighted by Gasteiger charge is 2.18. The molecule has 0 spiro atoms. The molecule has 0 saturated heterocycles. The summed E-state index contributed by atoms with van der Waals surface area (Å²) in [7, 11) is 0. The van der Waals surface area contributed by atoms with Crippen LogP contribution in [-0.4, -0.2) is 6.61 Å². The Bertz CT molecular complexity index is 334. The molecule has 0 amide bonds. The van der Waals surface area contributed by atoms with Gasteiger partial charge in [0.1, 0.15) is 5.75 Å². The molecular formula is C12H14Br2O. The van der Waals surface area contributed by atoms with Gasteiger partial charge in [-0.05, 0) is 52.4 Å². The summed E-state index contributed by atoms with van der Waals surface area (Å²) in [4.78, 5) is 0. The minimum Gasteiger partial charge on any atom is -0.492 e. The van der Waals surface area contributed by atoms with Crippen LogP contribution in [0.3, 0.4) is 0 Å². The van der Waals surface area contributed by atoms with Gasteiger partial charge in [0.2, 0.25) is 0 Å². The minimum absolute atomic E-state index is 0.785. The highest BCUT2D eigenvalue weighted by Crippen LogP contribution is 2.30. The Kier molecular flexibility index (Phi) is 4.09. The first-order valence-electron chi connectivity index (χ1n) is 5.27. The van der Waals surface area contributed by atoms with Gasteiger partial charge in [0.25, 0.3) is 0 Å². The second-order valence-electron chi connectivity index (χ2n) is 4.01. The van der Waals surface area contributed by atoms with Gasteiger partial charge in [0, 0.05) is 5.33 Å². The fourth-order valence-corrected chi connectivity index (χ4v) is 2.50. The molecule has 2 rings (SSSR count). The van der Waals surface area contributed by atoms with Crippen molar-refractivity contribution in [3.05, 3.63) is 28.2 Å². The summed E-state index contributed by atoms with van der Waals surface area (Å²) >= 11 is 6.97. The third kappa shape index (κ3) is 2.97. The highest BCUT2D eigenvalue weighted by molar-refractivity contribution is 9.10. The maximum atomic E-state index is 5.78. The van der Waals surface area contributed by atoms with Crippen LogP contribution in [0.2, 0.25) is 0 Å². The Morgan fingerprint density at radius 2 is 2.13 bits per heavy atom. The van der Waals surface area contributed by atoms with E-state index in [1.165, 1.54) is 24.8 Å². The minimum atomic E-state index is 0.785. The van der Waals surface area contributed by atoms with Gasteiger partial charge in [0.15, 0.2) is 0 Å². The van der Waals surface area contributed by atoms with Gasteiger partial charge in [-0.2, -0.15) is 0 Å². The van der Waals surface area contributed by atoms with Gasteiger partial charge in [-0.15, -0.1) is 0 Å². The van der Waals surface area contributed by atoms with Crippen molar-refractivity contribution < 1.29 is 4.74 Å². The second-order valence-corrected chi connectivity index (χ2v) is 5.42. The maximum Gasteiger partial charge on any atom is 0.133 e. The van der Waals surface area contributed by atoms with Crippen molar-refractivity contribution in [2.75, 3.05) is 6.61 Å². The SMILES string of the molecule is BrCc1ccc(OCC2CCC2)c(Br)c1. The van der Waals surface area contributed by atoms with E-state index in [-0.39, 0.29) is 0 Å². The first-order chi connectivity index (χ1) is 7.29. The van der Waals surface area contributed by atoms with Gasteiger partial charge in [-0.1, -0.05) is 28.4 Å². The molecule has 0 bridgehead atoms. The highest BCUT2D eigenvalue weighted by atomic mass is 79.9. The fraction of sp³-hybridized carbons (Fsp3) is 0.500. The molecule has 0 unspecified atom stereocenters. The zero-order valence-corrected chi connectivity index (χ0v) is 11.7. The Morgan fingerprint density at radius 3 is 2.67 bits per heavy atom. The Morgan fingerprint density at radius 1 is 1.33 bits per heavy atom. The molecule has 0 aliphatic heterocycles. The lowest BCUT2D eigenvalue weighted by Crippen LogP contribution is -2.19. The number of halogens is 2. The molecular weight excluding hydrogens is 320 g/mol. The van der Waals surface area contributed by atoms with E-state index in [0.717, 1.165) is 28.1 Å². The summed E-state index contributed by atoms with van der Waals surface area (Å²) < 4.78 is 6.83. The molecule has 0 N–H and O–H groups in total.